The highest BCUT2D eigenvalue weighted by Crippen LogP contribution is 2.31. The number of anilines is 1. The molecule has 3 N–H and O–H groups in total. The van der Waals surface area contributed by atoms with Crippen molar-refractivity contribution >= 4 is 17.7 Å². The molecule has 1 heterocycles. The molecular weight excluding hydrogens is 370 g/mol. The second kappa shape index (κ2) is 7.79. The van der Waals surface area contributed by atoms with E-state index >= 15 is 0 Å². The number of carbonyl (C=O) groups excluding carboxylic acids is 1. The molecule has 29 heavy (non-hydrogen) atoms. The Bertz CT molecular complexity index is 1030. The van der Waals surface area contributed by atoms with Crippen molar-refractivity contribution in [1.29, 1.82) is 0 Å². The number of aromatic nitrogens is 1. The zero-order valence-electron chi connectivity index (χ0n) is 15.9. The molecule has 1 aliphatic rings. The first kappa shape index (κ1) is 18.7. The summed E-state index contributed by atoms with van der Waals surface area (Å²) in [5.74, 6) is 0.374. The molecule has 0 saturated heterocycles. The van der Waals surface area contributed by atoms with Gasteiger partial charge >= 0.3 is 6.09 Å². The molecule has 1 fully saturated rings. The largest absolute Gasteiger partial charge is 0.465 e. The first-order chi connectivity index (χ1) is 14.0. The molecule has 0 bridgehead atoms. The highest BCUT2D eigenvalue weighted by atomic mass is 16.5. The van der Waals surface area contributed by atoms with Gasteiger partial charge in [0.05, 0.1) is 0 Å². The number of carbonyl (C=O) groups is 2. The minimum absolute atomic E-state index is 0.0171. The van der Waals surface area contributed by atoms with E-state index in [2.05, 4.69) is 15.8 Å². The fraction of sp³-hybridized carbons (Fsp3) is 0.227. The number of nitrogens with one attached hydrogen (secondary N) is 2. The van der Waals surface area contributed by atoms with Gasteiger partial charge in [0.2, 0.25) is 0 Å². The van der Waals surface area contributed by atoms with E-state index in [1.807, 2.05) is 48.5 Å². The molecule has 7 heteroatoms. The fourth-order valence-electron chi connectivity index (χ4n) is 3.10. The number of carboxylic acid groups (broad SMARTS) is 1. The van der Waals surface area contributed by atoms with Gasteiger partial charge in [0.25, 0.3) is 5.91 Å². The van der Waals surface area contributed by atoms with Crippen LogP contribution in [-0.4, -0.2) is 28.3 Å². The summed E-state index contributed by atoms with van der Waals surface area (Å²) < 4.78 is 5.29. The molecule has 0 spiro atoms. The third-order valence-corrected chi connectivity index (χ3v) is 4.85. The third-order valence-electron chi connectivity index (χ3n) is 4.85. The van der Waals surface area contributed by atoms with E-state index in [9.17, 15) is 9.59 Å². The number of hydrogen-bond donors (Lipinski definition) is 3. The second-order valence-electron chi connectivity index (χ2n) is 7.22. The smallest absolute Gasteiger partial charge is 0.409 e. The van der Waals surface area contributed by atoms with Crippen LogP contribution in [0.1, 0.15) is 40.0 Å². The Balaban J connectivity index is 1.44. The zero-order chi connectivity index (χ0) is 20.4. The monoisotopic (exact) mass is 391 g/mol. The van der Waals surface area contributed by atoms with E-state index in [1.165, 1.54) is 0 Å². The molecule has 2 amide bonds. The number of amides is 2. The van der Waals surface area contributed by atoms with Crippen LogP contribution in [0.4, 0.5) is 10.5 Å². The molecule has 1 saturated carbocycles. The Morgan fingerprint density at radius 2 is 1.69 bits per heavy atom. The van der Waals surface area contributed by atoms with E-state index in [-0.39, 0.29) is 5.91 Å². The molecular formula is C22H21N3O4. The van der Waals surface area contributed by atoms with Gasteiger partial charge in [0, 0.05) is 17.2 Å². The van der Waals surface area contributed by atoms with E-state index in [0.29, 0.717) is 28.7 Å². The summed E-state index contributed by atoms with van der Waals surface area (Å²) in [7, 11) is 0. The van der Waals surface area contributed by atoms with Crippen LogP contribution in [0.3, 0.4) is 0 Å². The van der Waals surface area contributed by atoms with Gasteiger partial charge in [0.15, 0.2) is 5.76 Å². The maximum atomic E-state index is 12.1. The van der Waals surface area contributed by atoms with Gasteiger partial charge in [-0.2, -0.15) is 0 Å². The number of hydrogen-bond acceptors (Lipinski definition) is 4. The SMILES string of the molecule is Cc1noc(-c2ccc(Cc3ccc(C(=O)NC4CC4)cc3)cc2)c1NC(=O)O. The normalized spacial score (nSPS) is 13.1. The lowest BCUT2D eigenvalue weighted by Gasteiger charge is -2.07. The van der Waals surface area contributed by atoms with Crippen LogP contribution in [0.2, 0.25) is 0 Å². The molecule has 1 aliphatic carbocycles. The molecule has 4 rings (SSSR count). The lowest BCUT2D eigenvalue weighted by Crippen LogP contribution is -2.25. The second-order valence-corrected chi connectivity index (χ2v) is 7.22. The number of benzene rings is 2. The summed E-state index contributed by atoms with van der Waals surface area (Å²) in [6.07, 6.45) is 1.70. The molecule has 7 nitrogen and oxygen atoms in total. The first-order valence-corrected chi connectivity index (χ1v) is 9.45. The van der Waals surface area contributed by atoms with Crippen molar-refractivity contribution in [2.24, 2.45) is 0 Å². The Hall–Kier alpha value is -3.61. The lowest BCUT2D eigenvalue weighted by molar-refractivity contribution is 0.0951. The summed E-state index contributed by atoms with van der Waals surface area (Å²) in [6.45, 7) is 1.68. The van der Waals surface area contributed by atoms with E-state index < -0.39 is 6.09 Å². The minimum atomic E-state index is -1.16. The Labute approximate surface area is 167 Å². The number of rotatable bonds is 6. The maximum Gasteiger partial charge on any atom is 0.409 e. The molecule has 0 aliphatic heterocycles. The summed E-state index contributed by atoms with van der Waals surface area (Å²) in [5.41, 5.74) is 4.44. The highest BCUT2D eigenvalue weighted by molar-refractivity contribution is 5.94. The zero-order valence-corrected chi connectivity index (χ0v) is 15.9. The van der Waals surface area contributed by atoms with Gasteiger partial charge in [-0.05, 0) is 49.4 Å². The van der Waals surface area contributed by atoms with E-state index in [0.717, 1.165) is 36.0 Å². The van der Waals surface area contributed by atoms with Crippen LogP contribution >= 0.6 is 0 Å². The van der Waals surface area contributed by atoms with Crippen molar-refractivity contribution in [3.8, 4) is 11.3 Å². The van der Waals surface area contributed by atoms with E-state index in [1.54, 1.807) is 6.92 Å². The van der Waals surface area contributed by atoms with Crippen LogP contribution in [0.15, 0.2) is 53.1 Å². The Morgan fingerprint density at radius 1 is 1.07 bits per heavy atom. The summed E-state index contributed by atoms with van der Waals surface area (Å²) >= 11 is 0. The van der Waals surface area contributed by atoms with Gasteiger partial charge in [-0.1, -0.05) is 41.6 Å². The fourth-order valence-corrected chi connectivity index (χ4v) is 3.10. The minimum Gasteiger partial charge on any atom is -0.465 e. The van der Waals surface area contributed by atoms with Crippen LogP contribution in [0.25, 0.3) is 11.3 Å². The van der Waals surface area contributed by atoms with Crippen molar-refractivity contribution in [3.63, 3.8) is 0 Å². The van der Waals surface area contributed by atoms with Crippen LogP contribution < -0.4 is 10.6 Å². The standard InChI is InChI=1S/C22H21N3O4/c1-13-19(24-22(27)28)20(29-25-13)16-6-2-14(3-7-16)12-15-4-8-17(9-5-15)21(26)23-18-10-11-18/h2-9,18,24H,10-12H2,1H3,(H,23,26)(H,27,28). The topological polar surface area (TPSA) is 104 Å². The predicted molar refractivity (Wildman–Crippen MR) is 108 cm³/mol. The van der Waals surface area contributed by atoms with Crippen molar-refractivity contribution in [3.05, 3.63) is 70.9 Å². The first-order valence-electron chi connectivity index (χ1n) is 9.45. The van der Waals surface area contributed by atoms with E-state index in [4.69, 9.17) is 9.63 Å². The van der Waals surface area contributed by atoms with Crippen LogP contribution in [0, 0.1) is 6.92 Å². The van der Waals surface area contributed by atoms with Crippen LogP contribution in [0.5, 0.6) is 0 Å². The molecule has 0 unspecified atom stereocenters. The van der Waals surface area contributed by atoms with Crippen molar-refractivity contribution in [2.45, 2.75) is 32.2 Å². The van der Waals surface area contributed by atoms with Gasteiger partial charge in [-0.25, -0.2) is 4.79 Å². The predicted octanol–water partition coefficient (Wildman–Crippen LogP) is 4.22. The Kier molecular flexibility index (Phi) is 5.03. The van der Waals surface area contributed by atoms with Gasteiger partial charge in [-0.3, -0.25) is 10.1 Å². The van der Waals surface area contributed by atoms with Gasteiger partial charge in [-0.15, -0.1) is 0 Å². The van der Waals surface area contributed by atoms with Crippen molar-refractivity contribution in [1.82, 2.24) is 10.5 Å². The molecule has 3 aromatic rings. The summed E-state index contributed by atoms with van der Waals surface area (Å²) in [6, 6.07) is 15.6. The molecule has 1 aromatic heterocycles. The van der Waals surface area contributed by atoms with Crippen molar-refractivity contribution in [2.75, 3.05) is 5.32 Å². The lowest BCUT2D eigenvalue weighted by atomic mass is 10.0. The molecule has 0 atom stereocenters. The summed E-state index contributed by atoms with van der Waals surface area (Å²) in [5, 5.41) is 18.1. The maximum absolute atomic E-state index is 12.1. The van der Waals surface area contributed by atoms with Crippen LogP contribution in [-0.2, 0) is 6.42 Å². The highest BCUT2D eigenvalue weighted by Gasteiger charge is 2.23. The van der Waals surface area contributed by atoms with Gasteiger partial charge in [0.1, 0.15) is 11.4 Å². The number of aryl methyl sites for hydroxylation is 1. The quantitative estimate of drug-likeness (QED) is 0.583. The summed E-state index contributed by atoms with van der Waals surface area (Å²) in [4.78, 5) is 23.0. The third kappa shape index (κ3) is 4.45. The Morgan fingerprint density at radius 3 is 2.28 bits per heavy atom. The van der Waals surface area contributed by atoms with Gasteiger partial charge < -0.3 is 14.9 Å². The van der Waals surface area contributed by atoms with Crippen molar-refractivity contribution < 1.29 is 19.2 Å². The molecule has 2 aromatic carbocycles. The molecule has 148 valence electrons. The average Bonchev–Trinajstić information content (AvgIpc) is 3.45. The average molecular weight is 391 g/mol. The number of nitrogens with zero attached hydrogens (tertiary/aromatic N) is 1. The molecule has 0 radical (unpaired) electrons.